The molecule has 1 unspecified atom stereocenters. The Morgan fingerprint density at radius 1 is 1.15 bits per heavy atom. The highest BCUT2D eigenvalue weighted by Crippen LogP contribution is 2.28. The third-order valence-corrected chi connectivity index (χ3v) is 4.42. The number of halogens is 1. The first-order chi connectivity index (χ1) is 12.6. The molecule has 0 aliphatic carbocycles. The fraction of sp³-hybridized carbons (Fsp3) is 0.350. The summed E-state index contributed by atoms with van der Waals surface area (Å²) in [4.78, 5) is 24.1. The number of pyridine rings is 1. The summed E-state index contributed by atoms with van der Waals surface area (Å²) in [6, 6.07) is 11.7. The van der Waals surface area contributed by atoms with Gasteiger partial charge in [0.15, 0.2) is 0 Å². The van der Waals surface area contributed by atoms with Crippen LogP contribution < -0.4 is 4.73 Å². The fourth-order valence-electron chi connectivity index (χ4n) is 2.57. The number of aromatic nitrogens is 1. The maximum Gasteiger partial charge on any atom is 0.338 e. The van der Waals surface area contributed by atoms with Crippen LogP contribution in [0.1, 0.15) is 54.7 Å². The van der Waals surface area contributed by atoms with Gasteiger partial charge in [0.05, 0.1) is 25.0 Å². The summed E-state index contributed by atoms with van der Waals surface area (Å²) in [7, 11) is 1.30. The van der Waals surface area contributed by atoms with Gasteiger partial charge in [0.2, 0.25) is 5.69 Å². The van der Waals surface area contributed by atoms with E-state index in [1.54, 1.807) is 63.2 Å². The number of benzene rings is 1. The minimum absolute atomic E-state index is 0.000970. The van der Waals surface area contributed by atoms with Gasteiger partial charge in [0.1, 0.15) is 5.60 Å². The maximum atomic E-state index is 12.4. The lowest BCUT2D eigenvalue weighted by molar-refractivity contribution is -0.626. The number of nitrogens with zero attached hydrogens (tertiary/aromatic N) is 1. The molecule has 0 aliphatic rings. The summed E-state index contributed by atoms with van der Waals surface area (Å²) in [5.41, 5.74) is 0.929. The van der Waals surface area contributed by atoms with Gasteiger partial charge in [-0.3, -0.25) is 4.79 Å². The summed E-state index contributed by atoms with van der Waals surface area (Å²) in [6.45, 7) is 5.39. The molecule has 1 atom stereocenters. The molecule has 144 valence electrons. The molecule has 0 bridgehead atoms. The number of rotatable bonds is 5. The Hall–Kier alpha value is -2.41. The van der Waals surface area contributed by atoms with E-state index in [0.717, 1.165) is 10.3 Å². The molecule has 0 saturated heterocycles. The Morgan fingerprint density at radius 3 is 2.33 bits per heavy atom. The zero-order valence-electron chi connectivity index (χ0n) is 15.7. The Balaban J connectivity index is 2.37. The monoisotopic (exact) mass is 435 g/mol. The van der Waals surface area contributed by atoms with E-state index in [1.165, 1.54) is 7.11 Å². The summed E-state index contributed by atoms with van der Waals surface area (Å²) in [6.07, 6.45) is 0.000970. The molecule has 2 rings (SSSR count). The molecule has 7 heteroatoms. The molecule has 0 radical (unpaired) electrons. The molecule has 6 nitrogen and oxygen atoms in total. The van der Waals surface area contributed by atoms with Crippen LogP contribution in [0.15, 0.2) is 47.1 Å². The van der Waals surface area contributed by atoms with Crippen LogP contribution >= 0.6 is 15.9 Å². The normalized spacial score (nSPS) is 12.3. The number of methoxy groups -OCH3 is 1. The highest BCUT2D eigenvalue weighted by molar-refractivity contribution is 9.10. The van der Waals surface area contributed by atoms with E-state index in [0.29, 0.717) is 15.9 Å². The molecule has 2 aromatic rings. The van der Waals surface area contributed by atoms with Crippen LogP contribution in [0.25, 0.3) is 0 Å². The van der Waals surface area contributed by atoms with Gasteiger partial charge < -0.3 is 14.7 Å². The molecule has 1 aromatic heterocycles. The molecule has 0 N–H and O–H groups in total. The standard InChI is InChI=1S/C20H22BrNO5/c1-20(2,3)27-19(24)14-10-8-13(9-11-14)15(12-18(23)26-4)16-6-5-7-17(21)22(16)25/h5-11,15H,12H2,1-4H3. The van der Waals surface area contributed by atoms with Crippen LogP contribution in [0.3, 0.4) is 0 Å². The molecular formula is C20H22BrNO5. The third-order valence-electron chi connectivity index (χ3n) is 3.83. The van der Waals surface area contributed by atoms with Crippen molar-refractivity contribution < 1.29 is 23.8 Å². The number of hydrogen-bond donors (Lipinski definition) is 0. The first-order valence-corrected chi connectivity index (χ1v) is 9.20. The first-order valence-electron chi connectivity index (χ1n) is 8.40. The maximum absolute atomic E-state index is 12.4. The lowest BCUT2D eigenvalue weighted by Crippen LogP contribution is -2.35. The molecule has 0 spiro atoms. The molecular weight excluding hydrogens is 414 g/mol. The number of carbonyl (C=O) groups is 2. The Labute approximate surface area is 166 Å². The van der Waals surface area contributed by atoms with Crippen LogP contribution in [0.5, 0.6) is 0 Å². The van der Waals surface area contributed by atoms with E-state index in [1.807, 2.05) is 0 Å². The SMILES string of the molecule is COC(=O)CC(c1ccc(C(=O)OC(C)(C)C)cc1)c1cccc(Br)[n+]1[O-]. The highest BCUT2D eigenvalue weighted by atomic mass is 79.9. The zero-order valence-corrected chi connectivity index (χ0v) is 17.3. The van der Waals surface area contributed by atoms with E-state index in [-0.39, 0.29) is 6.42 Å². The van der Waals surface area contributed by atoms with Crippen molar-refractivity contribution in [1.29, 1.82) is 0 Å². The fourth-order valence-corrected chi connectivity index (χ4v) is 2.93. The Bertz CT molecular complexity index is 827. The van der Waals surface area contributed by atoms with Gasteiger partial charge >= 0.3 is 11.9 Å². The van der Waals surface area contributed by atoms with E-state index in [2.05, 4.69) is 15.9 Å². The van der Waals surface area contributed by atoms with E-state index >= 15 is 0 Å². The summed E-state index contributed by atoms with van der Waals surface area (Å²) < 4.78 is 11.2. The molecule has 1 heterocycles. The van der Waals surface area contributed by atoms with Gasteiger partial charge in [0, 0.05) is 28.1 Å². The second-order valence-corrected chi connectivity index (χ2v) is 7.84. The summed E-state index contributed by atoms with van der Waals surface area (Å²) in [5.74, 6) is -1.38. The van der Waals surface area contributed by atoms with Crippen molar-refractivity contribution in [3.63, 3.8) is 0 Å². The minimum Gasteiger partial charge on any atom is -0.618 e. The van der Waals surface area contributed by atoms with Crippen molar-refractivity contribution in [3.05, 3.63) is 69.1 Å². The van der Waals surface area contributed by atoms with Crippen LogP contribution in [-0.2, 0) is 14.3 Å². The third kappa shape index (κ3) is 5.53. The van der Waals surface area contributed by atoms with E-state index < -0.39 is 23.5 Å². The van der Waals surface area contributed by atoms with Gasteiger partial charge in [-0.2, -0.15) is 4.73 Å². The largest absolute Gasteiger partial charge is 0.618 e. The summed E-state index contributed by atoms with van der Waals surface area (Å²) in [5, 5.41) is 12.4. The number of carbonyl (C=O) groups excluding carboxylic acids is 2. The van der Waals surface area contributed by atoms with Gasteiger partial charge in [-0.15, -0.1) is 0 Å². The van der Waals surface area contributed by atoms with Gasteiger partial charge in [-0.1, -0.05) is 12.1 Å². The molecule has 0 saturated carbocycles. The van der Waals surface area contributed by atoms with Crippen molar-refractivity contribution in [2.75, 3.05) is 7.11 Å². The quantitative estimate of drug-likeness (QED) is 0.309. The smallest absolute Gasteiger partial charge is 0.338 e. The van der Waals surface area contributed by atoms with Crippen molar-refractivity contribution >= 4 is 27.9 Å². The first kappa shape index (κ1) is 20.9. The summed E-state index contributed by atoms with van der Waals surface area (Å²) >= 11 is 3.20. The average molecular weight is 436 g/mol. The predicted octanol–water partition coefficient (Wildman–Crippen LogP) is 3.73. The predicted molar refractivity (Wildman–Crippen MR) is 103 cm³/mol. The van der Waals surface area contributed by atoms with Crippen LogP contribution in [-0.4, -0.2) is 24.6 Å². The van der Waals surface area contributed by atoms with Crippen molar-refractivity contribution in [3.8, 4) is 0 Å². The second kappa shape index (κ2) is 8.52. The minimum atomic E-state index is -0.590. The second-order valence-electron chi connectivity index (χ2n) is 7.02. The van der Waals surface area contributed by atoms with Crippen LogP contribution in [0.4, 0.5) is 0 Å². The molecule has 0 fully saturated rings. The zero-order chi connectivity index (χ0) is 20.2. The van der Waals surface area contributed by atoms with E-state index in [4.69, 9.17) is 9.47 Å². The Kier molecular flexibility index (Phi) is 6.59. The molecule has 0 amide bonds. The van der Waals surface area contributed by atoms with Crippen molar-refractivity contribution in [1.82, 2.24) is 0 Å². The lowest BCUT2D eigenvalue weighted by Gasteiger charge is -2.20. The highest BCUT2D eigenvalue weighted by Gasteiger charge is 2.27. The average Bonchev–Trinajstić information content (AvgIpc) is 2.61. The van der Waals surface area contributed by atoms with Crippen molar-refractivity contribution in [2.24, 2.45) is 0 Å². The number of hydrogen-bond acceptors (Lipinski definition) is 5. The van der Waals surface area contributed by atoms with E-state index in [9.17, 15) is 14.8 Å². The van der Waals surface area contributed by atoms with Crippen molar-refractivity contribution in [2.45, 2.75) is 38.7 Å². The number of esters is 2. The van der Waals surface area contributed by atoms with Crippen LogP contribution in [0, 0.1) is 5.21 Å². The van der Waals surface area contributed by atoms with Crippen LogP contribution in [0.2, 0.25) is 0 Å². The molecule has 27 heavy (non-hydrogen) atoms. The lowest BCUT2D eigenvalue weighted by atomic mass is 9.91. The molecule has 1 aromatic carbocycles. The Morgan fingerprint density at radius 2 is 1.78 bits per heavy atom. The van der Waals surface area contributed by atoms with Gasteiger partial charge in [-0.05, 0) is 44.5 Å². The topological polar surface area (TPSA) is 79.5 Å². The van der Waals surface area contributed by atoms with Gasteiger partial charge in [0.25, 0.3) is 4.60 Å². The number of ether oxygens (including phenoxy) is 2. The van der Waals surface area contributed by atoms with Gasteiger partial charge in [-0.25, -0.2) is 4.79 Å². The molecule has 0 aliphatic heterocycles.